The van der Waals surface area contributed by atoms with Crippen LogP contribution in [0.25, 0.3) is 0 Å². The van der Waals surface area contributed by atoms with Crippen LogP contribution >= 0.6 is 0 Å². The maximum atomic E-state index is 12.9. The third-order valence-corrected chi connectivity index (χ3v) is 9.37. The molecule has 44 heavy (non-hydrogen) atoms. The van der Waals surface area contributed by atoms with Gasteiger partial charge in [-0.15, -0.1) is 0 Å². The summed E-state index contributed by atoms with van der Waals surface area (Å²) in [6.45, 7) is 0.0484. The van der Waals surface area contributed by atoms with Crippen molar-refractivity contribution in [3.05, 3.63) is 0 Å². The van der Waals surface area contributed by atoms with Crippen molar-refractivity contribution in [2.45, 2.75) is 123 Å². The van der Waals surface area contributed by atoms with Crippen molar-refractivity contribution < 1.29 is 54.8 Å². The molecule has 0 aromatic carbocycles. The number of nitrogens with two attached hydrogens (primary N) is 5. The number of amides is 1. The average molecular weight is 638 g/mol. The summed E-state index contributed by atoms with van der Waals surface area (Å²) < 4.78 is 17.8. The van der Waals surface area contributed by atoms with Gasteiger partial charge >= 0.3 is 0 Å². The largest absolute Gasteiger partial charge is 0.394 e. The van der Waals surface area contributed by atoms with Crippen molar-refractivity contribution in [2.24, 2.45) is 34.6 Å². The first kappa shape index (κ1) is 35.7. The summed E-state index contributed by atoms with van der Waals surface area (Å²) in [5, 5.41) is 79.2. The zero-order valence-corrected chi connectivity index (χ0v) is 24.5. The van der Waals surface area contributed by atoms with E-state index in [1.54, 1.807) is 0 Å². The van der Waals surface area contributed by atoms with Crippen LogP contribution in [0.3, 0.4) is 0 Å². The molecule has 4 fully saturated rings. The van der Waals surface area contributed by atoms with E-state index < -0.39 is 115 Å². The summed E-state index contributed by atoms with van der Waals surface area (Å²) in [6.07, 6.45) is -11.3. The highest BCUT2D eigenvalue weighted by Crippen LogP contribution is 2.38. The van der Waals surface area contributed by atoms with Crippen LogP contribution in [-0.4, -0.2) is 165 Å². The molecule has 4 rings (SSSR count). The molecule has 4 aliphatic rings. The lowest BCUT2D eigenvalue weighted by Crippen LogP contribution is -2.70. The second-order valence-electron chi connectivity index (χ2n) is 12.7. The van der Waals surface area contributed by atoms with Crippen LogP contribution in [0.4, 0.5) is 0 Å². The molecule has 2 aliphatic carbocycles. The lowest BCUT2D eigenvalue weighted by Gasteiger charge is -2.51. The minimum atomic E-state index is -1.80. The van der Waals surface area contributed by atoms with Crippen LogP contribution in [0, 0.1) is 5.92 Å². The maximum Gasteiger partial charge on any atom is 0.253 e. The number of aliphatic hydroxyl groups is 7. The van der Waals surface area contributed by atoms with Crippen LogP contribution in [0.2, 0.25) is 0 Å². The molecular weight excluding hydrogens is 586 g/mol. The molecule has 4 unspecified atom stereocenters. The van der Waals surface area contributed by atoms with Gasteiger partial charge in [-0.2, -0.15) is 0 Å². The minimum absolute atomic E-state index is 0.00764. The van der Waals surface area contributed by atoms with Gasteiger partial charge in [0.15, 0.2) is 11.9 Å². The highest BCUT2D eigenvalue weighted by Gasteiger charge is 2.59. The van der Waals surface area contributed by atoms with Gasteiger partial charge in [-0.05, 0) is 25.8 Å². The van der Waals surface area contributed by atoms with Crippen molar-refractivity contribution in [3.8, 4) is 0 Å². The first-order chi connectivity index (χ1) is 20.7. The first-order valence-electron chi connectivity index (χ1n) is 15.2. The molecule has 2 saturated carbocycles. The predicted octanol–water partition coefficient (Wildman–Crippen LogP) is -8.06. The Balaban J connectivity index is 1.54. The van der Waals surface area contributed by atoms with E-state index in [-0.39, 0.29) is 32.4 Å². The number of aliphatic hydroxyl groups excluding tert-OH is 6. The monoisotopic (exact) mass is 637 g/mol. The second kappa shape index (κ2) is 14.7. The molecule has 2 saturated heterocycles. The summed E-state index contributed by atoms with van der Waals surface area (Å²) in [7, 11) is 0. The molecule has 256 valence electrons. The number of rotatable bonds is 12. The van der Waals surface area contributed by atoms with Crippen LogP contribution in [0.5, 0.6) is 0 Å². The van der Waals surface area contributed by atoms with Crippen molar-refractivity contribution in [1.29, 1.82) is 0 Å². The molecule has 18 nitrogen and oxygen atoms in total. The first-order valence-corrected chi connectivity index (χ1v) is 15.2. The van der Waals surface area contributed by atoms with E-state index in [0.29, 0.717) is 13.0 Å². The molecule has 19 N–H and O–H groups in total. The summed E-state index contributed by atoms with van der Waals surface area (Å²) >= 11 is 0. The van der Waals surface area contributed by atoms with E-state index in [1.807, 2.05) is 0 Å². The summed E-state index contributed by atoms with van der Waals surface area (Å²) in [5.41, 5.74) is 28.3. The molecule has 18 heteroatoms. The van der Waals surface area contributed by atoms with E-state index in [1.165, 1.54) is 0 Å². The molecule has 0 bridgehead atoms. The van der Waals surface area contributed by atoms with Gasteiger partial charge in [0, 0.05) is 43.6 Å². The Labute approximate surface area is 255 Å². The van der Waals surface area contributed by atoms with Crippen LogP contribution < -0.4 is 39.3 Å². The molecule has 0 spiro atoms. The van der Waals surface area contributed by atoms with Crippen molar-refractivity contribution >= 4 is 5.91 Å². The highest BCUT2D eigenvalue weighted by molar-refractivity contribution is 5.89. The van der Waals surface area contributed by atoms with Gasteiger partial charge in [-0.1, -0.05) is 0 Å². The second-order valence-corrected chi connectivity index (χ2v) is 12.7. The minimum Gasteiger partial charge on any atom is -0.394 e. The lowest BCUT2D eigenvalue weighted by molar-refractivity contribution is -0.306. The van der Waals surface area contributed by atoms with Gasteiger partial charge in [0.05, 0.1) is 49.2 Å². The summed E-state index contributed by atoms with van der Waals surface area (Å²) in [4.78, 5) is 12.9. The van der Waals surface area contributed by atoms with Crippen LogP contribution in [-0.2, 0) is 19.0 Å². The topological polar surface area (TPSA) is 341 Å². The molecule has 2 heterocycles. The zero-order valence-electron chi connectivity index (χ0n) is 24.5. The lowest BCUT2D eigenvalue weighted by atomic mass is 9.72. The molecule has 1 amide bonds. The van der Waals surface area contributed by atoms with E-state index >= 15 is 0 Å². The Morgan fingerprint density at radius 2 is 1.68 bits per heavy atom. The van der Waals surface area contributed by atoms with Crippen LogP contribution in [0.15, 0.2) is 0 Å². The van der Waals surface area contributed by atoms with Crippen molar-refractivity contribution in [2.75, 3.05) is 26.2 Å². The number of nitrogens with one attached hydrogen (secondary N) is 2. The Morgan fingerprint density at radius 3 is 2.30 bits per heavy atom. The number of carbonyl (C=O) groups is 1. The smallest absolute Gasteiger partial charge is 0.253 e. The van der Waals surface area contributed by atoms with Gasteiger partial charge in [0.25, 0.3) is 5.91 Å². The molecule has 0 aromatic rings. The van der Waals surface area contributed by atoms with Crippen LogP contribution in [0.1, 0.15) is 25.7 Å². The van der Waals surface area contributed by atoms with Gasteiger partial charge in [0.1, 0.15) is 24.4 Å². The average Bonchev–Trinajstić information content (AvgIpc) is 3.59. The zero-order chi connectivity index (χ0) is 32.5. The molecular formula is C26H51N7O11. The Bertz CT molecular complexity index is 958. The Hall–Kier alpha value is -1.17. The van der Waals surface area contributed by atoms with Gasteiger partial charge < -0.3 is 89.3 Å². The quantitative estimate of drug-likeness (QED) is 0.0944. The van der Waals surface area contributed by atoms with E-state index in [4.69, 9.17) is 42.9 Å². The Kier molecular flexibility index (Phi) is 11.9. The number of hydrogen-bond acceptors (Lipinski definition) is 17. The highest BCUT2D eigenvalue weighted by atomic mass is 16.7. The van der Waals surface area contributed by atoms with Gasteiger partial charge in [-0.3, -0.25) is 4.79 Å². The number of ether oxygens (including phenoxy) is 3. The molecule has 2 aliphatic heterocycles. The standard InChI is InChI=1S/C26H51N7O11/c27-2-1-9(35)6-32-7-14-13(36)4-11(29)22(42-14)17-10(28)3-12(33-25(40)26(41)5-16(26)30)23(20(17)38)44-24-21(39)18(31)19(37)15(8-34)43-24/h9-24,32,34-39,41H,1-8,27-31H2,(H,33,40)/t9?,10-,11+,12+,13-,14+,15+,16?,17?,18-,19+,20-,21+,22-,23-,24+,26?/m0/s1. The third-order valence-electron chi connectivity index (χ3n) is 9.37. The summed E-state index contributed by atoms with van der Waals surface area (Å²) in [6, 6.07) is -4.64. The van der Waals surface area contributed by atoms with Crippen molar-refractivity contribution in [3.63, 3.8) is 0 Å². The van der Waals surface area contributed by atoms with E-state index in [0.717, 1.165) is 0 Å². The fraction of sp³-hybridized carbons (Fsp3) is 0.962. The fourth-order valence-electron chi connectivity index (χ4n) is 6.47. The number of carbonyl (C=O) groups excluding carboxylic acids is 1. The third kappa shape index (κ3) is 7.52. The maximum absolute atomic E-state index is 12.9. The predicted molar refractivity (Wildman–Crippen MR) is 152 cm³/mol. The summed E-state index contributed by atoms with van der Waals surface area (Å²) in [5.74, 6) is -1.69. The Morgan fingerprint density at radius 1 is 1.00 bits per heavy atom. The normalized spacial score (nSPS) is 48.5. The number of hydrogen-bond donors (Lipinski definition) is 14. The molecule has 0 radical (unpaired) electrons. The van der Waals surface area contributed by atoms with Gasteiger partial charge in [-0.25, -0.2) is 0 Å². The van der Waals surface area contributed by atoms with Crippen molar-refractivity contribution in [1.82, 2.24) is 10.6 Å². The fourth-order valence-corrected chi connectivity index (χ4v) is 6.47. The SMILES string of the molecule is NCCC(O)CNC[C@H]1O[C@H](C2[C@@H](N)C[C@@H](NC(=O)C3(O)CC3N)[C@H](O[C@H]3O[C@H](CO)[C@@H](O)[C@H](N)[C@H]3O)[C@H]2O)[C@H](N)C[C@@H]1O. The van der Waals surface area contributed by atoms with E-state index in [2.05, 4.69) is 10.6 Å². The molecule has 17 atom stereocenters. The van der Waals surface area contributed by atoms with Gasteiger partial charge in [0.2, 0.25) is 0 Å². The van der Waals surface area contributed by atoms with E-state index in [9.17, 15) is 40.5 Å². The molecule has 0 aromatic heterocycles.